The van der Waals surface area contributed by atoms with Crippen LogP contribution in [0.5, 0.6) is 0 Å². The summed E-state index contributed by atoms with van der Waals surface area (Å²) in [4.78, 5) is 38.1. The van der Waals surface area contributed by atoms with Crippen LogP contribution in [0.3, 0.4) is 0 Å². The molecule has 0 aliphatic rings. The Hall–Kier alpha value is -1.59. The predicted octanol–water partition coefficient (Wildman–Crippen LogP) is 18.9. The van der Waals surface area contributed by atoms with Crippen molar-refractivity contribution in [2.45, 2.75) is 330 Å². The largest absolute Gasteiger partial charge is 0.462 e. The second-order valence-corrected chi connectivity index (χ2v) is 20.9. The van der Waals surface area contributed by atoms with E-state index in [4.69, 9.17) is 14.2 Å². The van der Waals surface area contributed by atoms with Crippen molar-refractivity contribution in [3.8, 4) is 0 Å². The van der Waals surface area contributed by atoms with Crippen LogP contribution in [0.15, 0.2) is 0 Å². The topological polar surface area (TPSA) is 78.9 Å². The summed E-state index contributed by atoms with van der Waals surface area (Å²) in [5, 5.41) is 0. The fourth-order valence-electron chi connectivity index (χ4n) is 8.87. The maximum absolute atomic E-state index is 12.8. The first kappa shape index (κ1) is 62.4. The smallest absolute Gasteiger partial charge is 0.306 e. The molecule has 0 saturated carbocycles. The molecule has 380 valence electrons. The average Bonchev–Trinajstić information content (AvgIpc) is 3.27. The zero-order valence-electron chi connectivity index (χ0n) is 43.9. The van der Waals surface area contributed by atoms with Gasteiger partial charge in [-0.3, -0.25) is 14.4 Å². The molecule has 0 heterocycles. The molecule has 0 aliphatic carbocycles. The fraction of sp³-hybridized carbons (Fsp3) is 0.948. The van der Waals surface area contributed by atoms with E-state index in [1.807, 2.05) is 0 Å². The van der Waals surface area contributed by atoms with Gasteiger partial charge in [-0.05, 0) is 31.1 Å². The third-order valence-corrected chi connectivity index (χ3v) is 13.2. The van der Waals surface area contributed by atoms with E-state index in [9.17, 15) is 14.4 Å². The molecule has 0 saturated heterocycles. The highest BCUT2D eigenvalue weighted by Gasteiger charge is 2.19. The van der Waals surface area contributed by atoms with Crippen LogP contribution in [-0.2, 0) is 28.6 Å². The highest BCUT2D eigenvalue weighted by Crippen LogP contribution is 2.18. The van der Waals surface area contributed by atoms with E-state index in [2.05, 4.69) is 34.6 Å². The lowest BCUT2D eigenvalue weighted by Crippen LogP contribution is -2.30. The van der Waals surface area contributed by atoms with Crippen molar-refractivity contribution in [2.24, 2.45) is 11.8 Å². The summed E-state index contributed by atoms with van der Waals surface area (Å²) < 4.78 is 16.9. The number of carbonyl (C=O) groups is 3. The molecule has 0 fully saturated rings. The Bertz CT molecular complexity index is 978. The zero-order chi connectivity index (χ0) is 46.8. The number of unbranched alkanes of at least 4 members (excludes halogenated alkanes) is 37. The quantitative estimate of drug-likeness (QED) is 0.0344. The predicted molar refractivity (Wildman–Crippen MR) is 275 cm³/mol. The van der Waals surface area contributed by atoms with Gasteiger partial charge < -0.3 is 14.2 Å². The summed E-state index contributed by atoms with van der Waals surface area (Å²) in [7, 11) is 0. The van der Waals surface area contributed by atoms with Crippen LogP contribution in [0.25, 0.3) is 0 Å². The third kappa shape index (κ3) is 51.4. The minimum Gasteiger partial charge on any atom is -0.462 e. The molecular weight excluding hydrogens is 793 g/mol. The summed E-state index contributed by atoms with van der Waals surface area (Å²) in [5.74, 6) is 0.848. The highest BCUT2D eigenvalue weighted by molar-refractivity contribution is 5.71. The summed E-state index contributed by atoms with van der Waals surface area (Å²) >= 11 is 0. The van der Waals surface area contributed by atoms with Gasteiger partial charge in [0, 0.05) is 19.3 Å². The van der Waals surface area contributed by atoms with Crippen molar-refractivity contribution in [3.63, 3.8) is 0 Å². The lowest BCUT2D eigenvalue weighted by atomic mass is 10.0. The summed E-state index contributed by atoms with van der Waals surface area (Å²) in [6.07, 6.45) is 53.8. The molecule has 0 N–H and O–H groups in total. The molecule has 0 aromatic carbocycles. The number of hydrogen-bond donors (Lipinski definition) is 0. The van der Waals surface area contributed by atoms with Crippen molar-refractivity contribution >= 4 is 17.9 Å². The second kappa shape index (κ2) is 50.8. The summed E-state index contributed by atoms with van der Waals surface area (Å²) in [6.45, 7) is 11.4. The first-order valence-electron chi connectivity index (χ1n) is 28.7. The third-order valence-electron chi connectivity index (χ3n) is 13.2. The Morgan fingerprint density at radius 2 is 0.516 bits per heavy atom. The van der Waals surface area contributed by atoms with Gasteiger partial charge in [0.15, 0.2) is 6.10 Å². The number of ether oxygens (including phenoxy) is 3. The van der Waals surface area contributed by atoms with Crippen LogP contribution in [0.2, 0.25) is 0 Å². The maximum Gasteiger partial charge on any atom is 0.306 e. The van der Waals surface area contributed by atoms with Gasteiger partial charge in [-0.2, -0.15) is 0 Å². The van der Waals surface area contributed by atoms with E-state index in [-0.39, 0.29) is 31.1 Å². The standard InChI is InChI=1S/C58H112O6/c1-6-7-8-9-10-11-12-23-28-33-38-43-48-56(59)62-51-55(52-63-57(60)49-44-39-34-29-24-20-16-18-22-27-32-37-42-47-54(4)5)64-58(61)50-45-40-35-30-25-19-15-13-14-17-21-26-31-36-41-46-53(2)3/h53-55H,6-52H2,1-5H3/t55-/m1/s1. The molecule has 0 rings (SSSR count). The normalized spacial score (nSPS) is 12.0. The Labute approximate surface area is 399 Å². The fourth-order valence-corrected chi connectivity index (χ4v) is 8.87. The zero-order valence-corrected chi connectivity index (χ0v) is 43.9. The number of rotatable bonds is 52. The molecule has 0 aromatic rings. The Morgan fingerprint density at radius 1 is 0.297 bits per heavy atom. The van der Waals surface area contributed by atoms with Crippen LogP contribution in [0, 0.1) is 11.8 Å². The molecule has 0 radical (unpaired) electrons. The molecule has 0 bridgehead atoms. The molecular formula is C58H112O6. The van der Waals surface area contributed by atoms with Gasteiger partial charge in [0.1, 0.15) is 13.2 Å². The van der Waals surface area contributed by atoms with E-state index in [1.54, 1.807) is 0 Å². The van der Waals surface area contributed by atoms with Gasteiger partial charge in [0.25, 0.3) is 0 Å². The van der Waals surface area contributed by atoms with Crippen LogP contribution < -0.4 is 0 Å². The SMILES string of the molecule is CCCCCCCCCCCCCCC(=O)OC[C@H](COC(=O)CCCCCCCCCCCCCCCC(C)C)OC(=O)CCCCCCCCCCCCCCCCCC(C)C. The van der Waals surface area contributed by atoms with E-state index >= 15 is 0 Å². The molecule has 1 atom stereocenters. The van der Waals surface area contributed by atoms with E-state index in [1.165, 1.54) is 212 Å². The average molecular weight is 906 g/mol. The van der Waals surface area contributed by atoms with Crippen molar-refractivity contribution in [1.29, 1.82) is 0 Å². The van der Waals surface area contributed by atoms with Crippen LogP contribution in [-0.4, -0.2) is 37.2 Å². The highest BCUT2D eigenvalue weighted by atomic mass is 16.6. The van der Waals surface area contributed by atoms with Gasteiger partial charge in [-0.1, -0.05) is 285 Å². The Kier molecular flexibility index (Phi) is 49.6. The van der Waals surface area contributed by atoms with Gasteiger partial charge in [0.2, 0.25) is 0 Å². The van der Waals surface area contributed by atoms with Crippen molar-refractivity contribution < 1.29 is 28.6 Å². The molecule has 0 amide bonds. The minimum atomic E-state index is -0.762. The summed E-state index contributed by atoms with van der Waals surface area (Å²) in [5.41, 5.74) is 0. The first-order chi connectivity index (χ1) is 31.2. The number of carbonyl (C=O) groups excluding carboxylic acids is 3. The molecule has 0 spiro atoms. The monoisotopic (exact) mass is 905 g/mol. The molecule has 64 heavy (non-hydrogen) atoms. The Morgan fingerprint density at radius 3 is 0.766 bits per heavy atom. The van der Waals surface area contributed by atoms with Gasteiger partial charge in [-0.25, -0.2) is 0 Å². The summed E-state index contributed by atoms with van der Waals surface area (Å²) in [6, 6.07) is 0. The molecule has 6 nitrogen and oxygen atoms in total. The van der Waals surface area contributed by atoms with Gasteiger partial charge in [0.05, 0.1) is 0 Å². The van der Waals surface area contributed by atoms with Gasteiger partial charge in [-0.15, -0.1) is 0 Å². The van der Waals surface area contributed by atoms with Crippen LogP contribution in [0.4, 0.5) is 0 Å². The van der Waals surface area contributed by atoms with E-state index < -0.39 is 6.10 Å². The number of hydrogen-bond acceptors (Lipinski definition) is 6. The first-order valence-corrected chi connectivity index (χ1v) is 28.7. The second-order valence-electron chi connectivity index (χ2n) is 20.9. The lowest BCUT2D eigenvalue weighted by molar-refractivity contribution is -0.167. The Balaban J connectivity index is 4.28. The maximum atomic E-state index is 12.8. The molecule has 6 heteroatoms. The molecule has 0 aromatic heterocycles. The lowest BCUT2D eigenvalue weighted by Gasteiger charge is -2.18. The van der Waals surface area contributed by atoms with Crippen LogP contribution in [0.1, 0.15) is 324 Å². The molecule has 0 unspecified atom stereocenters. The minimum absolute atomic E-state index is 0.0626. The molecule has 0 aliphatic heterocycles. The van der Waals surface area contributed by atoms with Crippen molar-refractivity contribution in [3.05, 3.63) is 0 Å². The van der Waals surface area contributed by atoms with Crippen LogP contribution >= 0.6 is 0 Å². The van der Waals surface area contributed by atoms with E-state index in [0.717, 1.165) is 69.6 Å². The van der Waals surface area contributed by atoms with E-state index in [0.29, 0.717) is 19.3 Å². The van der Waals surface area contributed by atoms with Gasteiger partial charge >= 0.3 is 17.9 Å². The van der Waals surface area contributed by atoms with Crippen molar-refractivity contribution in [1.82, 2.24) is 0 Å². The number of esters is 3. The van der Waals surface area contributed by atoms with Crippen molar-refractivity contribution in [2.75, 3.05) is 13.2 Å².